The smallest absolute Gasteiger partial charge is 0.323 e. The molecule has 4 nitrogen and oxygen atoms in total. The molecule has 1 aromatic rings. The summed E-state index contributed by atoms with van der Waals surface area (Å²) in [6.45, 7) is 1.17. The molecular weight excluding hydrogens is 261 g/mol. The maximum absolute atomic E-state index is 14.2. The van der Waals surface area contributed by atoms with Crippen molar-refractivity contribution in [3.63, 3.8) is 0 Å². The number of piperidine rings is 1. The van der Waals surface area contributed by atoms with Gasteiger partial charge in [-0.25, -0.2) is 4.39 Å². The van der Waals surface area contributed by atoms with Gasteiger partial charge in [-0.05, 0) is 25.5 Å². The minimum Gasteiger partial charge on any atom is -0.494 e. The fourth-order valence-electron chi connectivity index (χ4n) is 2.64. The molecule has 0 amide bonds. The van der Waals surface area contributed by atoms with Crippen LogP contribution < -0.4 is 4.74 Å². The lowest BCUT2D eigenvalue weighted by atomic mass is 10.0. The highest BCUT2D eigenvalue weighted by molar-refractivity contribution is 5.75. The molecule has 0 unspecified atom stereocenters. The second kappa shape index (κ2) is 6.70. The molecular formula is C15H20FNO3. The van der Waals surface area contributed by atoms with E-state index in [0.29, 0.717) is 12.1 Å². The van der Waals surface area contributed by atoms with Crippen molar-refractivity contribution in [1.29, 1.82) is 0 Å². The Bertz CT molecular complexity index is 478. The number of carbonyl (C=O) groups is 1. The number of nitrogens with zero attached hydrogens (tertiary/aromatic N) is 1. The summed E-state index contributed by atoms with van der Waals surface area (Å²) < 4.78 is 24.0. The van der Waals surface area contributed by atoms with Gasteiger partial charge in [-0.15, -0.1) is 0 Å². The van der Waals surface area contributed by atoms with Crippen molar-refractivity contribution < 1.29 is 18.7 Å². The molecule has 0 saturated carbocycles. The Kier molecular flexibility index (Phi) is 4.95. The Hall–Kier alpha value is -1.62. The van der Waals surface area contributed by atoms with E-state index in [1.165, 1.54) is 14.2 Å². The van der Waals surface area contributed by atoms with E-state index >= 15 is 0 Å². The summed E-state index contributed by atoms with van der Waals surface area (Å²) in [5.74, 6) is -0.369. The lowest BCUT2D eigenvalue weighted by Gasteiger charge is -2.33. The first-order valence-corrected chi connectivity index (χ1v) is 6.80. The Morgan fingerprint density at radius 1 is 1.40 bits per heavy atom. The lowest BCUT2D eigenvalue weighted by Crippen LogP contribution is -2.44. The summed E-state index contributed by atoms with van der Waals surface area (Å²) in [7, 11) is 2.83. The van der Waals surface area contributed by atoms with E-state index in [2.05, 4.69) is 0 Å². The standard InChI is InChI=1S/C15H20FNO3/c1-19-13-8-5-6-11(14(13)16)10-17-9-4-3-7-12(17)15(18)20-2/h5-6,8,12H,3-4,7,9-10H2,1-2H3/t12-/m1/s1. The molecule has 110 valence electrons. The molecule has 0 N–H and O–H groups in total. The predicted molar refractivity (Wildman–Crippen MR) is 73.0 cm³/mol. The topological polar surface area (TPSA) is 38.8 Å². The third-order valence-corrected chi connectivity index (χ3v) is 3.72. The molecule has 0 radical (unpaired) electrons. The number of esters is 1. The number of ether oxygens (including phenoxy) is 2. The van der Waals surface area contributed by atoms with Gasteiger partial charge < -0.3 is 9.47 Å². The largest absolute Gasteiger partial charge is 0.494 e. The zero-order chi connectivity index (χ0) is 14.5. The van der Waals surface area contributed by atoms with Gasteiger partial charge in [0, 0.05) is 12.1 Å². The maximum Gasteiger partial charge on any atom is 0.323 e. The summed E-state index contributed by atoms with van der Waals surface area (Å²) >= 11 is 0. The van der Waals surface area contributed by atoms with Crippen molar-refractivity contribution in [2.75, 3.05) is 20.8 Å². The van der Waals surface area contributed by atoms with Crippen LogP contribution in [0, 0.1) is 5.82 Å². The van der Waals surface area contributed by atoms with E-state index in [1.54, 1.807) is 18.2 Å². The molecule has 1 aliphatic heterocycles. The van der Waals surface area contributed by atoms with Crippen LogP contribution in [-0.4, -0.2) is 37.7 Å². The lowest BCUT2D eigenvalue weighted by molar-refractivity contribution is -0.148. The fourth-order valence-corrected chi connectivity index (χ4v) is 2.64. The molecule has 1 aromatic carbocycles. The van der Waals surface area contributed by atoms with Crippen molar-refractivity contribution >= 4 is 5.97 Å². The monoisotopic (exact) mass is 281 g/mol. The summed E-state index contributed by atoms with van der Waals surface area (Å²) in [5, 5.41) is 0. The molecule has 5 heteroatoms. The second-order valence-corrected chi connectivity index (χ2v) is 4.94. The number of rotatable bonds is 4. The van der Waals surface area contributed by atoms with Gasteiger partial charge in [0.2, 0.25) is 0 Å². The molecule has 1 saturated heterocycles. The van der Waals surface area contributed by atoms with Crippen LogP contribution in [0.2, 0.25) is 0 Å². The Labute approximate surface area is 118 Å². The first kappa shape index (κ1) is 14.8. The first-order valence-electron chi connectivity index (χ1n) is 6.80. The number of hydrogen-bond acceptors (Lipinski definition) is 4. The maximum atomic E-state index is 14.2. The number of likely N-dealkylation sites (tertiary alicyclic amines) is 1. The summed E-state index contributed by atoms with van der Waals surface area (Å²) in [5.41, 5.74) is 0.542. The average molecular weight is 281 g/mol. The van der Waals surface area contributed by atoms with E-state index in [0.717, 1.165) is 25.8 Å². The molecule has 0 bridgehead atoms. The fraction of sp³-hybridized carbons (Fsp3) is 0.533. The molecule has 1 atom stereocenters. The normalized spacial score (nSPS) is 19.6. The van der Waals surface area contributed by atoms with Crippen molar-refractivity contribution in [2.45, 2.75) is 31.8 Å². The molecule has 0 aromatic heterocycles. The van der Waals surface area contributed by atoms with Crippen LogP contribution in [-0.2, 0) is 16.1 Å². The van der Waals surface area contributed by atoms with Crippen LogP contribution in [0.25, 0.3) is 0 Å². The van der Waals surface area contributed by atoms with Crippen LogP contribution in [0.4, 0.5) is 4.39 Å². The first-order chi connectivity index (χ1) is 9.67. The van der Waals surface area contributed by atoms with Crippen LogP contribution in [0.3, 0.4) is 0 Å². The van der Waals surface area contributed by atoms with Crippen molar-refractivity contribution in [2.24, 2.45) is 0 Å². The molecule has 1 heterocycles. The summed E-state index contributed by atoms with van der Waals surface area (Å²) in [4.78, 5) is 13.8. The molecule has 1 aliphatic rings. The minimum absolute atomic E-state index is 0.231. The third kappa shape index (κ3) is 3.10. The van der Waals surface area contributed by atoms with E-state index in [9.17, 15) is 9.18 Å². The molecule has 20 heavy (non-hydrogen) atoms. The molecule has 0 spiro atoms. The average Bonchev–Trinajstić information content (AvgIpc) is 2.49. The molecule has 2 rings (SSSR count). The Morgan fingerprint density at radius 3 is 2.90 bits per heavy atom. The van der Waals surface area contributed by atoms with Crippen LogP contribution in [0.15, 0.2) is 18.2 Å². The highest BCUT2D eigenvalue weighted by Gasteiger charge is 2.30. The molecule has 1 fully saturated rings. The van der Waals surface area contributed by atoms with Gasteiger partial charge in [0.25, 0.3) is 0 Å². The van der Waals surface area contributed by atoms with E-state index < -0.39 is 0 Å². The van der Waals surface area contributed by atoms with Gasteiger partial charge in [0.05, 0.1) is 14.2 Å². The summed E-state index contributed by atoms with van der Waals surface area (Å²) in [6, 6.07) is 4.79. The molecule has 0 aliphatic carbocycles. The zero-order valence-electron chi connectivity index (χ0n) is 11.9. The quantitative estimate of drug-likeness (QED) is 0.794. The number of methoxy groups -OCH3 is 2. The number of hydrogen-bond donors (Lipinski definition) is 0. The Balaban J connectivity index is 2.16. The van der Waals surface area contributed by atoms with Crippen molar-refractivity contribution in [3.05, 3.63) is 29.6 Å². The van der Waals surface area contributed by atoms with Crippen LogP contribution in [0.1, 0.15) is 24.8 Å². The third-order valence-electron chi connectivity index (χ3n) is 3.72. The van der Waals surface area contributed by atoms with Gasteiger partial charge in [0.1, 0.15) is 6.04 Å². The number of halogens is 1. The highest BCUT2D eigenvalue weighted by atomic mass is 19.1. The Morgan fingerprint density at radius 2 is 2.20 bits per heavy atom. The van der Waals surface area contributed by atoms with E-state index in [4.69, 9.17) is 9.47 Å². The second-order valence-electron chi connectivity index (χ2n) is 4.94. The van der Waals surface area contributed by atoms with Gasteiger partial charge >= 0.3 is 5.97 Å². The number of carbonyl (C=O) groups excluding carboxylic acids is 1. The highest BCUT2D eigenvalue weighted by Crippen LogP contribution is 2.25. The van der Waals surface area contributed by atoms with Crippen LogP contribution >= 0.6 is 0 Å². The van der Waals surface area contributed by atoms with Gasteiger partial charge in [-0.3, -0.25) is 9.69 Å². The van der Waals surface area contributed by atoms with Gasteiger partial charge in [-0.1, -0.05) is 18.6 Å². The van der Waals surface area contributed by atoms with Gasteiger partial charge in [-0.2, -0.15) is 0 Å². The predicted octanol–water partition coefficient (Wildman–Crippen LogP) is 2.36. The van der Waals surface area contributed by atoms with Crippen molar-refractivity contribution in [1.82, 2.24) is 4.90 Å². The SMILES string of the molecule is COC(=O)[C@H]1CCCCN1Cc1cccc(OC)c1F. The number of benzene rings is 1. The van der Waals surface area contributed by atoms with Gasteiger partial charge in [0.15, 0.2) is 11.6 Å². The zero-order valence-corrected chi connectivity index (χ0v) is 11.9. The van der Waals surface area contributed by atoms with E-state index in [-0.39, 0.29) is 23.6 Å². The van der Waals surface area contributed by atoms with Crippen LogP contribution in [0.5, 0.6) is 5.75 Å². The van der Waals surface area contributed by atoms with Crippen molar-refractivity contribution in [3.8, 4) is 5.75 Å². The summed E-state index contributed by atoms with van der Waals surface area (Å²) in [6.07, 6.45) is 2.77. The minimum atomic E-state index is -0.357. The van der Waals surface area contributed by atoms with E-state index in [1.807, 2.05) is 4.90 Å².